The largest absolute Gasteiger partial charge is 0.356 e. The maximum absolute atomic E-state index is 2.69. The van der Waals surface area contributed by atoms with Crippen molar-refractivity contribution in [3.05, 3.63) is 12.4 Å². The first kappa shape index (κ1) is 31.4. The average molecular weight is 477 g/mol. The fourth-order valence-electron chi connectivity index (χ4n) is 5.48. The number of hydrogen-bond acceptors (Lipinski definition) is 2. The van der Waals surface area contributed by atoms with Gasteiger partial charge in [0.15, 0.2) is 0 Å². The van der Waals surface area contributed by atoms with E-state index in [1.165, 1.54) is 167 Å². The van der Waals surface area contributed by atoms with Crippen LogP contribution in [-0.4, -0.2) is 29.1 Å². The Labute approximate surface area is 216 Å². The van der Waals surface area contributed by atoms with Crippen molar-refractivity contribution in [3.8, 4) is 0 Å². The molecule has 202 valence electrons. The highest BCUT2D eigenvalue weighted by Gasteiger charge is 2.24. The molecule has 1 rings (SSSR count). The Bertz CT molecular complexity index is 433. The molecule has 0 N–H and O–H groups in total. The Balaban J connectivity index is 2.27. The van der Waals surface area contributed by atoms with Crippen LogP contribution in [0.25, 0.3) is 0 Å². The van der Waals surface area contributed by atoms with Gasteiger partial charge in [-0.2, -0.15) is 0 Å². The Kier molecular flexibility index (Phi) is 22.2. The van der Waals surface area contributed by atoms with Gasteiger partial charge in [0, 0.05) is 25.5 Å². The van der Waals surface area contributed by atoms with Crippen molar-refractivity contribution >= 4 is 0 Å². The fourth-order valence-corrected chi connectivity index (χ4v) is 5.48. The van der Waals surface area contributed by atoms with Gasteiger partial charge >= 0.3 is 0 Å². The van der Waals surface area contributed by atoms with Crippen LogP contribution in [-0.2, 0) is 0 Å². The molecule has 0 aromatic rings. The quantitative estimate of drug-likeness (QED) is 0.114. The summed E-state index contributed by atoms with van der Waals surface area (Å²) in [6.45, 7) is 9.46. The van der Waals surface area contributed by atoms with Crippen LogP contribution in [0, 0.1) is 0 Å². The second-order valence-corrected chi connectivity index (χ2v) is 11.1. The van der Waals surface area contributed by atoms with Crippen LogP contribution in [0.3, 0.4) is 0 Å². The Hall–Kier alpha value is -0.660. The number of nitrogens with zero attached hydrogens (tertiary/aromatic N) is 2. The van der Waals surface area contributed by atoms with Crippen molar-refractivity contribution < 1.29 is 0 Å². The van der Waals surface area contributed by atoms with E-state index in [0.29, 0.717) is 6.17 Å². The van der Waals surface area contributed by atoms with Crippen LogP contribution in [0.15, 0.2) is 12.4 Å². The van der Waals surface area contributed by atoms with Crippen LogP contribution in [0.4, 0.5) is 0 Å². The molecule has 0 saturated carbocycles. The molecule has 0 fully saturated rings. The van der Waals surface area contributed by atoms with Gasteiger partial charge in [-0.3, -0.25) is 0 Å². The van der Waals surface area contributed by atoms with E-state index in [-0.39, 0.29) is 0 Å². The molecular weight excluding hydrogens is 412 g/mol. The topological polar surface area (TPSA) is 6.48 Å². The number of unbranched alkanes of at least 4 members (excludes halogenated alkanes) is 20. The van der Waals surface area contributed by atoms with Crippen LogP contribution < -0.4 is 0 Å². The zero-order valence-corrected chi connectivity index (χ0v) is 24.0. The number of hydrogen-bond donors (Lipinski definition) is 0. The Morgan fingerprint density at radius 3 is 1.03 bits per heavy atom. The summed E-state index contributed by atoms with van der Waals surface area (Å²) in [7, 11) is 0. The van der Waals surface area contributed by atoms with Gasteiger partial charge in [0.25, 0.3) is 0 Å². The molecule has 2 heteroatoms. The molecule has 0 radical (unpaired) electrons. The summed E-state index contributed by atoms with van der Waals surface area (Å²) in [6, 6.07) is 0. The van der Waals surface area contributed by atoms with Gasteiger partial charge in [0.1, 0.15) is 6.17 Å². The van der Waals surface area contributed by atoms with Gasteiger partial charge in [0.2, 0.25) is 0 Å². The lowest BCUT2D eigenvalue weighted by atomic mass is 10.1. The van der Waals surface area contributed by atoms with E-state index in [0.717, 1.165) is 0 Å². The van der Waals surface area contributed by atoms with Crippen LogP contribution in [0.2, 0.25) is 0 Å². The number of rotatable bonds is 26. The van der Waals surface area contributed by atoms with Gasteiger partial charge in [-0.25, -0.2) is 0 Å². The molecule has 1 unspecified atom stereocenters. The van der Waals surface area contributed by atoms with E-state index in [2.05, 4.69) is 43.0 Å². The van der Waals surface area contributed by atoms with Crippen LogP contribution in [0.5, 0.6) is 0 Å². The summed E-state index contributed by atoms with van der Waals surface area (Å²) in [5, 5.41) is 0. The van der Waals surface area contributed by atoms with Gasteiger partial charge in [-0.1, -0.05) is 149 Å². The third-order valence-corrected chi connectivity index (χ3v) is 7.82. The normalized spacial score (nSPS) is 15.7. The fraction of sp³-hybridized carbons (Fsp3) is 0.938. The first-order chi connectivity index (χ1) is 16.8. The maximum Gasteiger partial charge on any atom is 0.101 e. The van der Waals surface area contributed by atoms with Crippen LogP contribution in [0.1, 0.15) is 175 Å². The predicted octanol–water partition coefficient (Wildman–Crippen LogP) is 10.8. The highest BCUT2D eigenvalue weighted by molar-refractivity contribution is 4.97. The summed E-state index contributed by atoms with van der Waals surface area (Å²) >= 11 is 0. The summed E-state index contributed by atoms with van der Waals surface area (Å²) in [6.07, 6.45) is 39.5. The van der Waals surface area contributed by atoms with E-state index in [9.17, 15) is 0 Å². The van der Waals surface area contributed by atoms with Crippen LogP contribution >= 0.6 is 0 Å². The molecule has 1 aliphatic heterocycles. The third-order valence-electron chi connectivity index (χ3n) is 7.82. The first-order valence-electron chi connectivity index (χ1n) is 16.0. The highest BCUT2D eigenvalue weighted by atomic mass is 15.4. The van der Waals surface area contributed by atoms with Crippen molar-refractivity contribution in [2.24, 2.45) is 0 Å². The molecule has 0 aromatic carbocycles. The van der Waals surface area contributed by atoms with Crippen molar-refractivity contribution in [2.45, 2.75) is 181 Å². The maximum atomic E-state index is 2.69. The molecule has 0 amide bonds. The summed E-state index contributed by atoms with van der Waals surface area (Å²) < 4.78 is 0. The van der Waals surface area contributed by atoms with Gasteiger partial charge < -0.3 is 9.80 Å². The van der Waals surface area contributed by atoms with Gasteiger partial charge in [-0.05, 0) is 25.7 Å². The first-order valence-corrected chi connectivity index (χ1v) is 16.0. The van der Waals surface area contributed by atoms with E-state index >= 15 is 0 Å². The van der Waals surface area contributed by atoms with Gasteiger partial charge in [-0.15, -0.1) is 0 Å². The Morgan fingerprint density at radius 2 is 0.676 bits per heavy atom. The third kappa shape index (κ3) is 16.9. The van der Waals surface area contributed by atoms with Crippen molar-refractivity contribution in [1.82, 2.24) is 9.80 Å². The lowest BCUT2D eigenvalue weighted by molar-refractivity contribution is 0.135. The molecule has 0 aliphatic carbocycles. The predicted molar refractivity (Wildman–Crippen MR) is 154 cm³/mol. The second-order valence-electron chi connectivity index (χ2n) is 11.1. The standard InChI is InChI=1S/C32H64N2/c1-4-7-10-13-16-17-20-23-26-29-34-31-30-33(28-25-22-19-15-12-9-6-3)32(34)27-24-21-18-14-11-8-5-2/h30-32H,4-29H2,1-3H3. The zero-order valence-electron chi connectivity index (χ0n) is 24.0. The average Bonchev–Trinajstić information content (AvgIpc) is 3.23. The highest BCUT2D eigenvalue weighted by Crippen LogP contribution is 2.24. The smallest absolute Gasteiger partial charge is 0.101 e. The van der Waals surface area contributed by atoms with Crippen molar-refractivity contribution in [1.29, 1.82) is 0 Å². The van der Waals surface area contributed by atoms with E-state index < -0.39 is 0 Å². The molecule has 1 aliphatic rings. The lowest BCUT2D eigenvalue weighted by Gasteiger charge is -2.33. The summed E-state index contributed by atoms with van der Waals surface area (Å²) in [5.74, 6) is 0. The minimum atomic E-state index is 0.643. The van der Waals surface area contributed by atoms with Crippen molar-refractivity contribution in [3.63, 3.8) is 0 Å². The van der Waals surface area contributed by atoms with E-state index in [4.69, 9.17) is 0 Å². The molecule has 0 aromatic heterocycles. The summed E-state index contributed by atoms with van der Waals surface area (Å²) in [5.41, 5.74) is 0. The molecule has 34 heavy (non-hydrogen) atoms. The van der Waals surface area contributed by atoms with Crippen molar-refractivity contribution in [2.75, 3.05) is 13.1 Å². The monoisotopic (exact) mass is 477 g/mol. The molecular formula is C32H64N2. The minimum Gasteiger partial charge on any atom is -0.356 e. The molecule has 2 nitrogen and oxygen atoms in total. The molecule has 1 heterocycles. The van der Waals surface area contributed by atoms with Gasteiger partial charge in [0.05, 0.1) is 0 Å². The molecule has 0 bridgehead atoms. The SMILES string of the molecule is CCCCCCCCCCCN1C=CN(CCCCCCCCC)C1CCCCCCCCC. The Morgan fingerprint density at radius 1 is 0.382 bits per heavy atom. The molecule has 0 spiro atoms. The van der Waals surface area contributed by atoms with E-state index in [1.807, 2.05) is 0 Å². The minimum absolute atomic E-state index is 0.643. The lowest BCUT2D eigenvalue weighted by Crippen LogP contribution is -2.39. The molecule has 1 atom stereocenters. The molecule has 0 saturated heterocycles. The zero-order chi connectivity index (χ0) is 24.5. The second kappa shape index (κ2) is 24.1. The van der Waals surface area contributed by atoms with E-state index in [1.54, 1.807) is 0 Å². The summed E-state index contributed by atoms with van der Waals surface area (Å²) in [4.78, 5) is 5.39.